The molecule has 11 heteroatoms. The predicted molar refractivity (Wildman–Crippen MR) is 93.5 cm³/mol. The molecule has 5 nitrogen and oxygen atoms in total. The molecule has 0 amide bonds. The van der Waals surface area contributed by atoms with Crippen molar-refractivity contribution in [1.29, 1.82) is 0 Å². The highest BCUT2D eigenvalue weighted by atomic mass is 35.5. The molecule has 0 fully saturated rings. The number of hydrogen-bond acceptors (Lipinski definition) is 4. The van der Waals surface area contributed by atoms with Crippen molar-refractivity contribution in [2.75, 3.05) is 0 Å². The fourth-order valence-electron chi connectivity index (χ4n) is 2.53. The number of primary sulfonamides is 1. The Hall–Kier alpha value is -2.07. The average Bonchev–Trinajstić information content (AvgIpc) is 2.99. The number of hydrogen-bond donors (Lipinski definition) is 1. The Morgan fingerprint density at radius 3 is 2.19 bits per heavy atom. The van der Waals surface area contributed by atoms with Crippen LogP contribution < -0.4 is 5.14 Å². The van der Waals surface area contributed by atoms with Crippen molar-refractivity contribution >= 4 is 33.2 Å². The van der Waals surface area contributed by atoms with Crippen LogP contribution in [0.5, 0.6) is 0 Å². The first-order valence-corrected chi connectivity index (χ1v) is 9.46. The molecule has 0 aliphatic heterocycles. The van der Waals surface area contributed by atoms with E-state index in [9.17, 15) is 21.6 Å². The average molecular weight is 437 g/mol. The number of benzene rings is 2. The second-order valence-electron chi connectivity index (χ2n) is 5.41. The first-order valence-electron chi connectivity index (χ1n) is 7.15. The third kappa shape index (κ3) is 3.68. The Labute approximate surface area is 161 Å². The van der Waals surface area contributed by atoms with Crippen LogP contribution in [0.4, 0.5) is 13.2 Å². The maximum atomic E-state index is 14.2. The Bertz CT molecular complexity index is 1130. The highest BCUT2D eigenvalue weighted by molar-refractivity contribution is 7.89. The van der Waals surface area contributed by atoms with E-state index in [2.05, 4.69) is 5.16 Å². The summed E-state index contributed by atoms with van der Waals surface area (Å²) < 4.78 is 69.3. The summed E-state index contributed by atoms with van der Waals surface area (Å²) in [7, 11) is -4.63. The first kappa shape index (κ1) is 19.7. The maximum absolute atomic E-state index is 14.2. The van der Waals surface area contributed by atoms with E-state index in [0.717, 1.165) is 0 Å². The smallest absolute Gasteiger partial charge is 0.243 e. The van der Waals surface area contributed by atoms with Crippen LogP contribution in [0.2, 0.25) is 10.0 Å². The van der Waals surface area contributed by atoms with E-state index < -0.39 is 33.2 Å². The van der Waals surface area contributed by atoms with Gasteiger partial charge in [0, 0.05) is 5.56 Å². The highest BCUT2D eigenvalue weighted by Gasteiger charge is 2.26. The molecular weight excluding hydrogens is 428 g/mol. The van der Waals surface area contributed by atoms with Gasteiger partial charge in [0.2, 0.25) is 10.0 Å². The number of nitrogens with two attached hydrogens (primary N) is 1. The van der Waals surface area contributed by atoms with Crippen molar-refractivity contribution in [3.05, 3.63) is 57.8 Å². The summed E-state index contributed by atoms with van der Waals surface area (Å²) in [6.07, 6.45) is 0. The molecule has 142 valence electrons. The monoisotopic (exact) mass is 436 g/mol. The van der Waals surface area contributed by atoms with E-state index >= 15 is 0 Å². The van der Waals surface area contributed by atoms with Crippen LogP contribution in [0.15, 0.2) is 39.8 Å². The summed E-state index contributed by atoms with van der Waals surface area (Å²) in [4.78, 5) is -1.29. The first-order chi connectivity index (χ1) is 12.6. The molecule has 0 atom stereocenters. The van der Waals surface area contributed by atoms with Gasteiger partial charge in [-0.1, -0.05) is 34.4 Å². The quantitative estimate of drug-likeness (QED) is 0.641. The van der Waals surface area contributed by atoms with Gasteiger partial charge < -0.3 is 4.52 Å². The van der Waals surface area contributed by atoms with Gasteiger partial charge >= 0.3 is 0 Å². The molecule has 1 heterocycles. The number of nitrogens with zero attached hydrogens (tertiary/aromatic N) is 1. The molecule has 0 saturated carbocycles. The van der Waals surface area contributed by atoms with Gasteiger partial charge in [-0.15, -0.1) is 0 Å². The van der Waals surface area contributed by atoms with E-state index in [0.29, 0.717) is 17.7 Å². The summed E-state index contributed by atoms with van der Waals surface area (Å²) in [5.74, 6) is -3.17. The SMILES string of the molecule is NS(=O)(=O)c1c(F)cc(-c2c(-c3ccc(Cl)c(Cl)c3)noc2CF)cc1F. The van der Waals surface area contributed by atoms with Crippen LogP contribution in [-0.4, -0.2) is 13.6 Å². The molecule has 0 unspecified atom stereocenters. The standard InChI is InChI=1S/C16H9Cl2F3N2O3S/c17-9-2-1-7(3-10(9)18)15-14(13(6-19)26-23-15)8-4-11(20)16(12(21)5-8)27(22,24)25/h1-5H,6H2,(H2,22,24,25). The molecule has 0 radical (unpaired) electrons. The van der Waals surface area contributed by atoms with Crippen molar-refractivity contribution in [2.24, 2.45) is 5.14 Å². The molecule has 2 aromatic carbocycles. The molecule has 0 bridgehead atoms. The van der Waals surface area contributed by atoms with Gasteiger partial charge in [-0.25, -0.2) is 26.7 Å². The van der Waals surface area contributed by atoms with Crippen LogP contribution in [0, 0.1) is 11.6 Å². The number of sulfonamides is 1. The lowest BCUT2D eigenvalue weighted by Crippen LogP contribution is -2.16. The Morgan fingerprint density at radius 1 is 1.04 bits per heavy atom. The minimum atomic E-state index is -4.63. The molecule has 27 heavy (non-hydrogen) atoms. The van der Waals surface area contributed by atoms with E-state index in [1.165, 1.54) is 18.2 Å². The molecule has 3 aromatic rings. The van der Waals surface area contributed by atoms with Crippen LogP contribution >= 0.6 is 23.2 Å². The fraction of sp³-hybridized carbons (Fsp3) is 0.0625. The van der Waals surface area contributed by atoms with E-state index in [1.807, 2.05) is 0 Å². The normalized spacial score (nSPS) is 11.8. The van der Waals surface area contributed by atoms with Crippen molar-refractivity contribution in [2.45, 2.75) is 11.6 Å². The number of rotatable bonds is 4. The van der Waals surface area contributed by atoms with Gasteiger partial charge in [-0.05, 0) is 29.8 Å². The number of alkyl halides is 1. The van der Waals surface area contributed by atoms with Crippen LogP contribution in [0.25, 0.3) is 22.4 Å². The van der Waals surface area contributed by atoms with E-state index in [1.54, 1.807) is 0 Å². The van der Waals surface area contributed by atoms with Crippen LogP contribution in [0.3, 0.4) is 0 Å². The second kappa shape index (κ2) is 7.16. The molecule has 1 aromatic heterocycles. The Balaban J connectivity index is 2.26. The molecule has 0 aliphatic rings. The van der Waals surface area contributed by atoms with Gasteiger partial charge in [0.25, 0.3) is 0 Å². The summed E-state index contributed by atoms with van der Waals surface area (Å²) in [5.41, 5.74) is 0.143. The molecular formula is C16H9Cl2F3N2O3S. The summed E-state index contributed by atoms with van der Waals surface area (Å²) >= 11 is 11.8. The highest BCUT2D eigenvalue weighted by Crippen LogP contribution is 2.38. The lowest BCUT2D eigenvalue weighted by molar-refractivity contribution is 0.332. The van der Waals surface area contributed by atoms with Gasteiger partial charge in [0.1, 0.15) is 17.3 Å². The third-order valence-corrected chi connectivity index (χ3v) is 5.35. The lowest BCUT2D eigenvalue weighted by Gasteiger charge is -2.08. The minimum absolute atomic E-state index is 0.0448. The number of aromatic nitrogens is 1. The summed E-state index contributed by atoms with van der Waals surface area (Å²) in [5, 5.41) is 8.97. The van der Waals surface area contributed by atoms with Crippen molar-refractivity contribution < 1.29 is 26.1 Å². The second-order valence-corrected chi connectivity index (χ2v) is 7.72. The van der Waals surface area contributed by atoms with Gasteiger partial charge in [-0.3, -0.25) is 0 Å². The summed E-state index contributed by atoms with van der Waals surface area (Å²) in [6.45, 7) is -1.12. The van der Waals surface area contributed by atoms with E-state index in [-0.39, 0.29) is 32.6 Å². The zero-order valence-electron chi connectivity index (χ0n) is 13.1. The maximum Gasteiger partial charge on any atom is 0.243 e. The van der Waals surface area contributed by atoms with Crippen molar-refractivity contribution in [1.82, 2.24) is 5.16 Å². The molecule has 3 rings (SSSR count). The largest absolute Gasteiger partial charge is 0.357 e. The van der Waals surface area contributed by atoms with E-state index in [4.69, 9.17) is 32.9 Å². The fourth-order valence-corrected chi connectivity index (χ4v) is 3.49. The van der Waals surface area contributed by atoms with Crippen molar-refractivity contribution in [3.8, 4) is 22.4 Å². The molecule has 0 saturated heterocycles. The van der Waals surface area contributed by atoms with Gasteiger partial charge in [-0.2, -0.15) is 0 Å². The topological polar surface area (TPSA) is 86.2 Å². The zero-order valence-corrected chi connectivity index (χ0v) is 15.5. The van der Waals surface area contributed by atoms with Crippen LogP contribution in [0.1, 0.15) is 5.76 Å². The third-order valence-electron chi connectivity index (χ3n) is 3.65. The molecule has 0 aliphatic carbocycles. The summed E-state index contributed by atoms with van der Waals surface area (Å²) in [6, 6.07) is 5.78. The zero-order chi connectivity index (χ0) is 19.9. The van der Waals surface area contributed by atoms with Gasteiger partial charge in [0.15, 0.2) is 17.3 Å². The Morgan fingerprint density at radius 2 is 1.67 bits per heavy atom. The van der Waals surface area contributed by atoms with Crippen molar-refractivity contribution in [3.63, 3.8) is 0 Å². The minimum Gasteiger partial charge on any atom is -0.357 e. The Kier molecular flexibility index (Phi) is 5.22. The molecule has 2 N–H and O–H groups in total. The lowest BCUT2D eigenvalue weighted by atomic mass is 9.99. The van der Waals surface area contributed by atoms with Gasteiger partial charge in [0.05, 0.1) is 15.6 Å². The predicted octanol–water partition coefficient (Wildman–Crippen LogP) is 4.71. The van der Waals surface area contributed by atoms with Crippen LogP contribution in [-0.2, 0) is 16.7 Å². The molecule has 0 spiro atoms. The number of halogens is 5.